The third-order valence-electron chi connectivity index (χ3n) is 4.98. The Morgan fingerprint density at radius 2 is 1.81 bits per heavy atom. The van der Waals surface area contributed by atoms with Crippen LogP contribution >= 0.6 is 11.6 Å². The monoisotopic (exact) mass is 446 g/mol. The summed E-state index contributed by atoms with van der Waals surface area (Å²) in [5.74, 6) is 0.775. The molecule has 6 nitrogen and oxygen atoms in total. The molecule has 0 aliphatic rings. The Hall–Kier alpha value is -2.73. The van der Waals surface area contributed by atoms with E-state index in [1.165, 1.54) is 4.90 Å². The van der Waals surface area contributed by atoms with Crippen molar-refractivity contribution in [2.45, 2.75) is 46.7 Å². The van der Waals surface area contributed by atoms with Gasteiger partial charge in [-0.1, -0.05) is 30.7 Å². The molecule has 0 aliphatic carbocycles. The first-order valence-electron chi connectivity index (χ1n) is 10.4. The number of hydrogen-bond donors (Lipinski definition) is 1. The standard InChI is InChI=1S/C24H31ClN2O4/c1-6-10-26-24(29)18(4)27(14-19-8-7-9-20(13-19)30-5)22(28)15-31-21-11-16(2)23(25)17(3)12-21/h7-9,11-13,18H,6,10,14-15H2,1-5H3,(H,26,29). The minimum Gasteiger partial charge on any atom is -0.497 e. The molecule has 0 fully saturated rings. The zero-order valence-corrected chi connectivity index (χ0v) is 19.6. The van der Waals surface area contributed by atoms with E-state index in [-0.39, 0.29) is 25.0 Å². The van der Waals surface area contributed by atoms with Crippen LogP contribution in [0.2, 0.25) is 5.02 Å². The van der Waals surface area contributed by atoms with Gasteiger partial charge in [-0.2, -0.15) is 0 Å². The second kappa shape index (κ2) is 11.6. The van der Waals surface area contributed by atoms with E-state index >= 15 is 0 Å². The van der Waals surface area contributed by atoms with Crippen molar-refractivity contribution in [3.63, 3.8) is 0 Å². The molecule has 2 rings (SSSR count). The van der Waals surface area contributed by atoms with Gasteiger partial charge in [0.15, 0.2) is 6.61 Å². The van der Waals surface area contributed by atoms with E-state index in [4.69, 9.17) is 21.1 Å². The van der Waals surface area contributed by atoms with Crippen molar-refractivity contribution in [2.75, 3.05) is 20.3 Å². The van der Waals surface area contributed by atoms with E-state index < -0.39 is 6.04 Å². The lowest BCUT2D eigenvalue weighted by Gasteiger charge is -2.29. The Labute approximate surface area is 189 Å². The number of rotatable bonds is 10. The molecule has 7 heteroatoms. The molecule has 0 bridgehead atoms. The third-order valence-corrected chi connectivity index (χ3v) is 5.57. The second-order valence-electron chi connectivity index (χ2n) is 7.50. The fourth-order valence-electron chi connectivity index (χ4n) is 3.16. The highest BCUT2D eigenvalue weighted by molar-refractivity contribution is 6.32. The molecule has 0 heterocycles. The number of methoxy groups -OCH3 is 1. The van der Waals surface area contributed by atoms with Gasteiger partial charge >= 0.3 is 0 Å². The SMILES string of the molecule is CCCNC(=O)C(C)N(Cc1cccc(OC)c1)C(=O)COc1cc(C)c(Cl)c(C)c1. The molecule has 0 radical (unpaired) electrons. The maximum Gasteiger partial charge on any atom is 0.261 e. The average molecular weight is 447 g/mol. The molecule has 168 valence electrons. The lowest BCUT2D eigenvalue weighted by Crippen LogP contribution is -2.49. The van der Waals surface area contributed by atoms with Gasteiger partial charge in [-0.25, -0.2) is 0 Å². The van der Waals surface area contributed by atoms with Crippen LogP contribution < -0.4 is 14.8 Å². The molecule has 2 aromatic rings. The normalized spacial score (nSPS) is 11.5. The smallest absolute Gasteiger partial charge is 0.261 e. The van der Waals surface area contributed by atoms with Crippen molar-refractivity contribution in [1.29, 1.82) is 0 Å². The molecular formula is C24H31ClN2O4. The lowest BCUT2D eigenvalue weighted by molar-refractivity contribution is -0.142. The molecule has 0 spiro atoms. The summed E-state index contributed by atoms with van der Waals surface area (Å²) < 4.78 is 11.0. The van der Waals surface area contributed by atoms with Crippen LogP contribution in [0.15, 0.2) is 36.4 Å². The molecule has 0 saturated heterocycles. The van der Waals surface area contributed by atoms with E-state index in [2.05, 4.69) is 5.32 Å². The average Bonchev–Trinajstić information content (AvgIpc) is 2.77. The van der Waals surface area contributed by atoms with Crippen molar-refractivity contribution < 1.29 is 19.1 Å². The quantitative estimate of drug-likeness (QED) is 0.591. The van der Waals surface area contributed by atoms with E-state index in [0.29, 0.717) is 23.1 Å². The van der Waals surface area contributed by atoms with Crippen molar-refractivity contribution in [3.8, 4) is 11.5 Å². The number of nitrogens with one attached hydrogen (secondary N) is 1. The van der Waals surface area contributed by atoms with Crippen LogP contribution in [0.25, 0.3) is 0 Å². The number of nitrogens with zero attached hydrogens (tertiary/aromatic N) is 1. The first-order chi connectivity index (χ1) is 14.8. The van der Waals surface area contributed by atoms with Gasteiger partial charge in [0, 0.05) is 18.1 Å². The molecule has 2 aromatic carbocycles. The van der Waals surface area contributed by atoms with E-state index in [1.807, 2.05) is 45.0 Å². The van der Waals surface area contributed by atoms with E-state index in [0.717, 1.165) is 23.1 Å². The highest BCUT2D eigenvalue weighted by Gasteiger charge is 2.26. The first-order valence-corrected chi connectivity index (χ1v) is 10.7. The number of amides is 2. The number of carbonyl (C=O) groups is 2. The van der Waals surface area contributed by atoms with Crippen LogP contribution in [0, 0.1) is 13.8 Å². The molecule has 0 aliphatic heterocycles. The Balaban J connectivity index is 2.19. The van der Waals surface area contributed by atoms with Crippen molar-refractivity contribution in [2.24, 2.45) is 0 Å². The highest BCUT2D eigenvalue weighted by Crippen LogP contribution is 2.26. The number of hydrogen-bond acceptors (Lipinski definition) is 4. The van der Waals surface area contributed by atoms with Crippen LogP contribution in [0.1, 0.15) is 37.0 Å². The second-order valence-corrected chi connectivity index (χ2v) is 7.88. The minimum absolute atomic E-state index is 0.185. The molecule has 2 amide bonds. The van der Waals surface area contributed by atoms with Crippen molar-refractivity contribution >= 4 is 23.4 Å². The van der Waals surface area contributed by atoms with Crippen molar-refractivity contribution in [1.82, 2.24) is 10.2 Å². The van der Waals surface area contributed by atoms with Gasteiger partial charge in [0.1, 0.15) is 17.5 Å². The number of carbonyl (C=O) groups excluding carboxylic acids is 2. The lowest BCUT2D eigenvalue weighted by atomic mass is 10.1. The minimum atomic E-state index is -0.650. The largest absolute Gasteiger partial charge is 0.497 e. The Kier molecular flexibility index (Phi) is 9.19. The van der Waals surface area contributed by atoms with Gasteiger partial charge in [0.25, 0.3) is 5.91 Å². The highest BCUT2D eigenvalue weighted by atomic mass is 35.5. The molecule has 1 atom stereocenters. The molecule has 31 heavy (non-hydrogen) atoms. The fourth-order valence-corrected chi connectivity index (χ4v) is 3.27. The van der Waals surface area contributed by atoms with Gasteiger partial charge in [-0.05, 0) is 68.1 Å². The first kappa shape index (κ1) is 24.5. The maximum absolute atomic E-state index is 13.1. The summed E-state index contributed by atoms with van der Waals surface area (Å²) in [7, 11) is 1.59. The summed E-state index contributed by atoms with van der Waals surface area (Å²) in [6.45, 7) is 8.12. The molecule has 0 saturated carbocycles. The molecule has 1 unspecified atom stereocenters. The van der Waals surface area contributed by atoms with Gasteiger partial charge < -0.3 is 19.7 Å². The van der Waals surface area contributed by atoms with Gasteiger partial charge in [0.05, 0.1) is 7.11 Å². The maximum atomic E-state index is 13.1. The summed E-state index contributed by atoms with van der Waals surface area (Å²) in [4.78, 5) is 27.2. The summed E-state index contributed by atoms with van der Waals surface area (Å²) in [5.41, 5.74) is 2.62. The van der Waals surface area contributed by atoms with Crippen LogP contribution in [-0.4, -0.2) is 43.0 Å². The predicted molar refractivity (Wildman–Crippen MR) is 123 cm³/mol. The molecule has 0 aromatic heterocycles. The fraction of sp³-hybridized carbons (Fsp3) is 0.417. The molecule has 1 N–H and O–H groups in total. The van der Waals surface area contributed by atoms with Crippen molar-refractivity contribution in [3.05, 3.63) is 58.1 Å². The summed E-state index contributed by atoms with van der Waals surface area (Å²) in [6.07, 6.45) is 0.820. The summed E-state index contributed by atoms with van der Waals surface area (Å²) in [5, 5.41) is 3.54. The Morgan fingerprint density at radius 1 is 1.13 bits per heavy atom. The number of ether oxygens (including phenoxy) is 2. The number of aryl methyl sites for hydroxylation is 2. The Morgan fingerprint density at radius 3 is 2.42 bits per heavy atom. The number of benzene rings is 2. The van der Waals surface area contributed by atoms with Gasteiger partial charge in [-0.15, -0.1) is 0 Å². The zero-order valence-electron chi connectivity index (χ0n) is 18.8. The zero-order chi connectivity index (χ0) is 23.0. The van der Waals surface area contributed by atoms with E-state index in [9.17, 15) is 9.59 Å². The Bertz CT molecular complexity index is 893. The predicted octanol–water partition coefficient (Wildman–Crippen LogP) is 4.29. The van der Waals surface area contributed by atoms with Gasteiger partial charge in [-0.3, -0.25) is 9.59 Å². The third kappa shape index (κ3) is 6.89. The number of halogens is 1. The van der Waals surface area contributed by atoms with Crippen LogP contribution in [0.5, 0.6) is 11.5 Å². The van der Waals surface area contributed by atoms with E-state index in [1.54, 1.807) is 26.2 Å². The molecular weight excluding hydrogens is 416 g/mol. The van der Waals surface area contributed by atoms with Crippen LogP contribution in [-0.2, 0) is 16.1 Å². The summed E-state index contributed by atoms with van der Waals surface area (Å²) >= 11 is 6.21. The topological polar surface area (TPSA) is 67.9 Å². The van der Waals surface area contributed by atoms with Crippen LogP contribution in [0.4, 0.5) is 0 Å². The summed E-state index contributed by atoms with van der Waals surface area (Å²) in [6, 6.07) is 10.4. The van der Waals surface area contributed by atoms with Gasteiger partial charge in [0.2, 0.25) is 5.91 Å². The van der Waals surface area contributed by atoms with Crippen LogP contribution in [0.3, 0.4) is 0 Å².